The van der Waals surface area contributed by atoms with E-state index in [2.05, 4.69) is 10.2 Å². The van der Waals surface area contributed by atoms with Gasteiger partial charge >= 0.3 is 5.97 Å². The number of methoxy groups -OCH3 is 1. The van der Waals surface area contributed by atoms with E-state index >= 15 is 0 Å². The van der Waals surface area contributed by atoms with E-state index in [1.54, 1.807) is 11.8 Å². The molecule has 1 aliphatic heterocycles. The molecule has 0 aliphatic carbocycles. The van der Waals surface area contributed by atoms with Gasteiger partial charge in [-0.05, 0) is 96.0 Å². The number of carbonyl (C=O) groups is 2. The third kappa shape index (κ3) is 8.58. The summed E-state index contributed by atoms with van der Waals surface area (Å²) in [5.41, 5.74) is 4.77. The van der Waals surface area contributed by atoms with Crippen molar-refractivity contribution in [2.45, 2.75) is 51.4 Å². The number of nitrogens with zero attached hydrogens (tertiary/aromatic N) is 1. The minimum absolute atomic E-state index is 0.261. The van der Waals surface area contributed by atoms with Gasteiger partial charge < -0.3 is 10.1 Å². The molecule has 0 radical (unpaired) electrons. The molecule has 4 rings (SSSR count). The largest absolute Gasteiger partial charge is 0.467 e. The zero-order valence-corrected chi connectivity index (χ0v) is 26.0. The van der Waals surface area contributed by atoms with Crippen LogP contribution in [0.15, 0.2) is 60.7 Å². The zero-order chi connectivity index (χ0) is 30.1. The Bertz CT molecular complexity index is 1360. The van der Waals surface area contributed by atoms with Crippen LogP contribution in [0.25, 0.3) is 11.1 Å². The maximum absolute atomic E-state index is 14.0. The van der Waals surface area contributed by atoms with Crippen molar-refractivity contribution in [3.63, 3.8) is 0 Å². The van der Waals surface area contributed by atoms with E-state index in [4.69, 9.17) is 4.74 Å². The number of ether oxygens (including phenoxy) is 1. The lowest BCUT2D eigenvalue weighted by atomic mass is 9.93. The number of aryl methyl sites for hydroxylation is 1. The van der Waals surface area contributed by atoms with Crippen LogP contribution in [-0.4, -0.2) is 59.5 Å². The zero-order valence-electron chi connectivity index (χ0n) is 24.3. The Labute approximate surface area is 255 Å². The number of esters is 1. The monoisotopic (exact) mass is 612 g/mol. The van der Waals surface area contributed by atoms with E-state index < -0.39 is 23.6 Å². The molecule has 1 aliphatic rings. The van der Waals surface area contributed by atoms with E-state index in [-0.39, 0.29) is 11.9 Å². The van der Waals surface area contributed by atoms with Crippen molar-refractivity contribution in [3.05, 3.63) is 94.6 Å². The third-order valence-electron chi connectivity index (χ3n) is 7.51. The SMILES string of the molecule is COC(=O)C(CCSC)NC(=O)c1ccc(CN(Cc2cc(F)cc(F)c2)C2CCCSC2)cc1-c1ccccc1C. The number of hydrogen-bond donors (Lipinski definition) is 1. The number of halogens is 2. The molecule has 1 fully saturated rings. The number of hydrogen-bond acceptors (Lipinski definition) is 6. The van der Waals surface area contributed by atoms with E-state index in [1.807, 2.05) is 67.4 Å². The molecule has 0 aromatic heterocycles. The van der Waals surface area contributed by atoms with Crippen molar-refractivity contribution < 1.29 is 23.1 Å². The van der Waals surface area contributed by atoms with Gasteiger partial charge in [-0.25, -0.2) is 13.6 Å². The van der Waals surface area contributed by atoms with E-state index in [0.717, 1.165) is 52.7 Å². The Hall–Kier alpha value is -2.88. The molecule has 3 aromatic rings. The highest BCUT2D eigenvalue weighted by Crippen LogP contribution is 2.31. The molecule has 2 atom stereocenters. The van der Waals surface area contributed by atoms with Gasteiger partial charge in [0.1, 0.15) is 17.7 Å². The number of rotatable bonds is 12. The van der Waals surface area contributed by atoms with Gasteiger partial charge in [-0.3, -0.25) is 9.69 Å². The molecular weight excluding hydrogens is 575 g/mol. The Morgan fingerprint density at radius 3 is 2.45 bits per heavy atom. The maximum Gasteiger partial charge on any atom is 0.328 e. The summed E-state index contributed by atoms with van der Waals surface area (Å²) in [7, 11) is 1.32. The summed E-state index contributed by atoms with van der Waals surface area (Å²) in [6.07, 6.45) is 4.52. The van der Waals surface area contributed by atoms with E-state index in [9.17, 15) is 18.4 Å². The number of benzene rings is 3. The second kappa shape index (κ2) is 15.5. The molecule has 5 nitrogen and oxygen atoms in total. The highest BCUT2D eigenvalue weighted by molar-refractivity contribution is 7.99. The van der Waals surface area contributed by atoms with Crippen LogP contribution in [0.4, 0.5) is 8.78 Å². The quantitative estimate of drug-likeness (QED) is 0.226. The molecule has 1 N–H and O–H groups in total. The van der Waals surface area contributed by atoms with Gasteiger partial charge in [-0.1, -0.05) is 30.3 Å². The Morgan fingerprint density at radius 1 is 1.05 bits per heavy atom. The third-order valence-corrected chi connectivity index (χ3v) is 9.35. The minimum Gasteiger partial charge on any atom is -0.467 e. The second-order valence-corrected chi connectivity index (χ2v) is 12.7. The average molecular weight is 613 g/mol. The Morgan fingerprint density at radius 2 is 1.79 bits per heavy atom. The fourth-order valence-corrected chi connectivity index (χ4v) is 7.00. The van der Waals surface area contributed by atoms with Crippen LogP contribution in [0.5, 0.6) is 0 Å². The predicted octanol–water partition coefficient (Wildman–Crippen LogP) is 6.86. The van der Waals surface area contributed by atoms with Crippen LogP contribution in [-0.2, 0) is 22.6 Å². The maximum atomic E-state index is 14.0. The van der Waals surface area contributed by atoms with Crippen LogP contribution < -0.4 is 5.32 Å². The van der Waals surface area contributed by atoms with Crippen molar-refractivity contribution >= 4 is 35.4 Å². The fraction of sp³-hybridized carbons (Fsp3) is 0.394. The topological polar surface area (TPSA) is 58.6 Å². The number of nitrogens with one attached hydrogen (secondary N) is 1. The Kier molecular flexibility index (Phi) is 11.9. The van der Waals surface area contributed by atoms with Gasteiger partial charge in [-0.2, -0.15) is 23.5 Å². The Balaban J connectivity index is 1.68. The van der Waals surface area contributed by atoms with Crippen LogP contribution >= 0.6 is 23.5 Å². The van der Waals surface area contributed by atoms with E-state index in [0.29, 0.717) is 36.4 Å². The first-order chi connectivity index (χ1) is 20.3. The van der Waals surface area contributed by atoms with Crippen molar-refractivity contribution in [3.8, 4) is 11.1 Å². The first-order valence-corrected chi connectivity index (χ1v) is 16.7. The van der Waals surface area contributed by atoms with Gasteiger partial charge in [0.05, 0.1) is 7.11 Å². The van der Waals surface area contributed by atoms with Crippen LogP contribution in [0, 0.1) is 18.6 Å². The summed E-state index contributed by atoms with van der Waals surface area (Å²) in [5.74, 6) is 0.797. The van der Waals surface area contributed by atoms with Gasteiger partial charge in [0.2, 0.25) is 0 Å². The lowest BCUT2D eigenvalue weighted by molar-refractivity contribution is -0.142. The molecular formula is C33H38F2N2O3S2. The normalized spacial score (nSPS) is 15.8. The first kappa shape index (κ1) is 32.0. The molecule has 0 saturated carbocycles. The van der Waals surface area contributed by atoms with Crippen molar-refractivity contribution in [2.24, 2.45) is 0 Å². The van der Waals surface area contributed by atoms with Gasteiger partial charge in [-0.15, -0.1) is 0 Å². The molecule has 42 heavy (non-hydrogen) atoms. The molecule has 1 heterocycles. The molecule has 224 valence electrons. The second-order valence-electron chi connectivity index (χ2n) is 10.6. The van der Waals surface area contributed by atoms with Crippen molar-refractivity contribution in [2.75, 3.05) is 30.6 Å². The number of amides is 1. The van der Waals surface area contributed by atoms with Crippen molar-refractivity contribution in [1.29, 1.82) is 0 Å². The first-order valence-electron chi connectivity index (χ1n) is 14.1. The highest BCUT2D eigenvalue weighted by Gasteiger charge is 2.26. The lowest BCUT2D eigenvalue weighted by Crippen LogP contribution is -2.42. The summed E-state index contributed by atoms with van der Waals surface area (Å²) in [6, 6.07) is 16.9. The molecule has 3 aromatic carbocycles. The summed E-state index contributed by atoms with van der Waals surface area (Å²) < 4.78 is 33.0. The molecule has 0 spiro atoms. The summed E-state index contributed by atoms with van der Waals surface area (Å²) in [6.45, 7) is 2.98. The molecule has 2 unspecified atom stereocenters. The summed E-state index contributed by atoms with van der Waals surface area (Å²) in [5, 5.41) is 2.89. The molecule has 0 bridgehead atoms. The van der Waals surface area contributed by atoms with Gasteiger partial charge in [0.25, 0.3) is 5.91 Å². The van der Waals surface area contributed by atoms with Crippen LogP contribution in [0.3, 0.4) is 0 Å². The van der Waals surface area contributed by atoms with Crippen LogP contribution in [0.1, 0.15) is 46.3 Å². The predicted molar refractivity (Wildman–Crippen MR) is 169 cm³/mol. The molecule has 1 amide bonds. The molecule has 9 heteroatoms. The summed E-state index contributed by atoms with van der Waals surface area (Å²) >= 11 is 3.50. The number of thioether (sulfide) groups is 2. The summed E-state index contributed by atoms with van der Waals surface area (Å²) in [4.78, 5) is 28.3. The molecule has 1 saturated heterocycles. The van der Waals surface area contributed by atoms with Gasteiger partial charge in [0.15, 0.2) is 0 Å². The van der Waals surface area contributed by atoms with Crippen molar-refractivity contribution in [1.82, 2.24) is 10.2 Å². The average Bonchev–Trinajstić information content (AvgIpc) is 2.98. The smallest absolute Gasteiger partial charge is 0.328 e. The lowest BCUT2D eigenvalue weighted by Gasteiger charge is -2.34. The van der Waals surface area contributed by atoms with E-state index in [1.165, 1.54) is 19.2 Å². The highest BCUT2D eigenvalue weighted by atomic mass is 32.2. The van der Waals surface area contributed by atoms with Gasteiger partial charge in [0, 0.05) is 36.5 Å². The fourth-order valence-electron chi connectivity index (χ4n) is 5.35. The standard InChI is InChI=1S/C33H38F2N2O3S2/c1-22-7-4-5-9-28(22)30-17-23(10-11-29(30)32(38)36-31(12-14-41-3)33(39)40-2)19-37(27-8-6-13-42-21-27)20-24-15-25(34)18-26(35)16-24/h4-5,7,9-11,15-18,27,31H,6,8,12-14,19-21H2,1-3H3,(H,36,38). The minimum atomic E-state index is -0.745. The van der Waals surface area contributed by atoms with Crippen LogP contribution in [0.2, 0.25) is 0 Å². The number of carbonyl (C=O) groups excluding carboxylic acids is 2.